The lowest BCUT2D eigenvalue weighted by Gasteiger charge is -2.07. The van der Waals surface area contributed by atoms with Crippen LogP contribution in [0.3, 0.4) is 0 Å². The summed E-state index contributed by atoms with van der Waals surface area (Å²) in [7, 11) is 1.47. The van der Waals surface area contributed by atoms with E-state index in [9.17, 15) is 4.79 Å². The van der Waals surface area contributed by atoms with Crippen molar-refractivity contribution in [2.75, 3.05) is 18.2 Å². The first-order valence-corrected chi connectivity index (χ1v) is 5.26. The number of nitrogens with zero attached hydrogens (tertiary/aromatic N) is 3. The molecular weight excluding hydrogens is 246 g/mol. The number of amides is 1. The molecule has 0 aliphatic heterocycles. The predicted molar refractivity (Wildman–Crippen MR) is 70.5 cm³/mol. The van der Waals surface area contributed by atoms with Gasteiger partial charge in [0.15, 0.2) is 0 Å². The van der Waals surface area contributed by atoms with Gasteiger partial charge in [-0.1, -0.05) is 0 Å². The van der Waals surface area contributed by atoms with Crippen molar-refractivity contribution < 1.29 is 13.6 Å². The second-order valence-electron chi connectivity index (χ2n) is 3.57. The Bertz CT molecular complexity index is 688. The lowest BCUT2D eigenvalue weighted by molar-refractivity contribution is -0.114. The number of methoxy groups -OCH3 is 1. The number of nitrogens with two attached hydrogens (primary N) is 1. The average Bonchev–Trinajstić information content (AvgIpc) is 2.46. The minimum absolute atomic E-state index is 0.0452. The van der Waals surface area contributed by atoms with Gasteiger partial charge in [-0.3, -0.25) is 4.79 Å². The number of nitrogens with one attached hydrogen (secondary N) is 1. The number of carbonyl (C=O) groups excluding carboxylic acids is 1. The van der Waals surface area contributed by atoms with Gasteiger partial charge in [-0.2, -0.15) is 0 Å². The molecule has 3 N–H and O–H groups in total. The van der Waals surface area contributed by atoms with E-state index in [0.29, 0.717) is 17.1 Å². The summed E-state index contributed by atoms with van der Waals surface area (Å²) in [6.07, 6.45) is 1.38. The van der Waals surface area contributed by atoms with Gasteiger partial charge in [-0.25, -0.2) is 4.98 Å². The number of anilines is 2. The Morgan fingerprint density at radius 3 is 2.89 bits per heavy atom. The van der Waals surface area contributed by atoms with Crippen LogP contribution in [0.25, 0.3) is 11.3 Å². The zero-order chi connectivity index (χ0) is 16.3. The summed E-state index contributed by atoms with van der Waals surface area (Å²) in [5, 5.41) is 9.93. The molecule has 0 spiro atoms. The van der Waals surface area contributed by atoms with Gasteiger partial charge in [0.05, 0.1) is 12.8 Å². The summed E-state index contributed by atoms with van der Waals surface area (Å²) in [6.45, 7) is -2.75. The molecule has 0 aromatic carbocycles. The Kier molecular flexibility index (Phi) is 2.58. The minimum Gasteiger partial charge on any atom is -0.480 e. The summed E-state index contributed by atoms with van der Waals surface area (Å²) in [4.78, 5) is 15.3. The zero-order valence-electron chi connectivity index (χ0n) is 13.0. The van der Waals surface area contributed by atoms with Crippen molar-refractivity contribution in [3.05, 3.63) is 24.4 Å². The third kappa shape index (κ3) is 2.95. The van der Waals surface area contributed by atoms with E-state index >= 15 is 0 Å². The molecule has 0 radical (unpaired) electrons. The second-order valence-corrected chi connectivity index (χ2v) is 3.57. The van der Waals surface area contributed by atoms with Crippen LogP contribution in [0.4, 0.5) is 11.5 Å². The van der Waals surface area contributed by atoms with Crippen molar-refractivity contribution in [1.82, 2.24) is 15.2 Å². The number of aromatic nitrogens is 3. The highest BCUT2D eigenvalue weighted by atomic mass is 16.5. The van der Waals surface area contributed by atoms with Crippen molar-refractivity contribution in [2.24, 2.45) is 0 Å². The first-order valence-electron chi connectivity index (χ1n) is 6.76. The molecule has 0 bridgehead atoms. The third-order valence-corrected chi connectivity index (χ3v) is 2.30. The molecule has 19 heavy (non-hydrogen) atoms. The van der Waals surface area contributed by atoms with Crippen LogP contribution in [0.1, 0.15) is 11.0 Å². The first-order chi connectivity index (χ1) is 10.3. The van der Waals surface area contributed by atoms with Crippen LogP contribution in [0.5, 0.6) is 5.88 Å². The zero-order valence-corrected chi connectivity index (χ0v) is 10.0. The van der Waals surface area contributed by atoms with E-state index in [1.54, 1.807) is 12.1 Å². The summed E-state index contributed by atoms with van der Waals surface area (Å²) >= 11 is 0. The molecule has 2 aromatic heterocycles. The van der Waals surface area contributed by atoms with Gasteiger partial charge in [0, 0.05) is 40.5 Å². The van der Waals surface area contributed by atoms with Crippen LogP contribution < -0.4 is 15.8 Å². The maximum absolute atomic E-state index is 11.4. The quantitative estimate of drug-likeness (QED) is 0.858. The molecule has 0 atom stereocenters. The summed E-state index contributed by atoms with van der Waals surface area (Å²) in [5.41, 5.74) is 7.12. The number of pyridine rings is 1. The van der Waals surface area contributed by atoms with E-state index in [2.05, 4.69) is 20.5 Å². The molecule has 2 rings (SSSR count). The van der Waals surface area contributed by atoms with Crippen LogP contribution in [0.2, 0.25) is 0 Å². The largest absolute Gasteiger partial charge is 0.480 e. The normalized spacial score (nSPS) is 13.0. The molecule has 0 saturated heterocycles. The van der Waals surface area contributed by atoms with Gasteiger partial charge in [-0.05, 0) is 6.07 Å². The first kappa shape index (κ1) is 9.26. The van der Waals surface area contributed by atoms with E-state index < -0.39 is 12.8 Å². The fourth-order valence-electron chi connectivity index (χ4n) is 1.44. The van der Waals surface area contributed by atoms with Gasteiger partial charge in [-0.15, -0.1) is 10.2 Å². The van der Waals surface area contributed by atoms with Crippen LogP contribution in [0, 0.1) is 0 Å². The van der Waals surface area contributed by atoms with Gasteiger partial charge in [0.25, 0.3) is 0 Å². The summed E-state index contributed by atoms with van der Waals surface area (Å²) in [5.74, 6) is -0.725. The highest BCUT2D eigenvalue weighted by molar-refractivity contribution is 5.89. The van der Waals surface area contributed by atoms with E-state index in [1.165, 1.54) is 19.4 Å². The Hall–Kier alpha value is -2.70. The molecule has 1 amide bonds. The lowest BCUT2D eigenvalue weighted by Crippen LogP contribution is -2.08. The second kappa shape index (κ2) is 5.30. The van der Waals surface area contributed by atoms with Crippen molar-refractivity contribution in [3.63, 3.8) is 0 Å². The highest BCUT2D eigenvalue weighted by Crippen LogP contribution is 2.25. The van der Waals surface area contributed by atoms with Crippen LogP contribution >= 0.6 is 0 Å². The highest BCUT2D eigenvalue weighted by Gasteiger charge is 2.08. The number of ether oxygens (including phenoxy) is 1. The van der Waals surface area contributed by atoms with Crippen LogP contribution in [0.15, 0.2) is 24.4 Å². The number of nitrogen functional groups attached to an aromatic ring is 1. The monoisotopic (exact) mass is 262 g/mol. The standard InChI is InChI=1S/C12H13N5O2/c1-7(18)15-11-5-9(13)8(6-14-11)10-3-4-12(19-2)17-16-10/h3-6H,1-2H3,(H3,13,14,15,18)/i1D3. The minimum atomic E-state index is -2.75. The maximum atomic E-state index is 11.4. The van der Waals surface area contributed by atoms with Gasteiger partial charge < -0.3 is 15.8 Å². The smallest absolute Gasteiger partial charge is 0.233 e. The number of hydrogen-bond acceptors (Lipinski definition) is 6. The van der Waals surface area contributed by atoms with E-state index in [1.807, 2.05) is 0 Å². The lowest BCUT2D eigenvalue weighted by atomic mass is 10.1. The van der Waals surface area contributed by atoms with Crippen molar-refractivity contribution in [2.45, 2.75) is 6.85 Å². The van der Waals surface area contributed by atoms with Gasteiger partial charge in [0.2, 0.25) is 11.8 Å². The SMILES string of the molecule is [2H]C([2H])([2H])C(=O)Nc1cc(N)c(-c2ccc(OC)nn2)cn1. The molecular formula is C12H13N5O2. The van der Waals surface area contributed by atoms with Crippen LogP contribution in [-0.2, 0) is 4.79 Å². The molecule has 7 nitrogen and oxygen atoms in total. The molecule has 98 valence electrons. The third-order valence-electron chi connectivity index (χ3n) is 2.30. The average molecular weight is 262 g/mol. The molecule has 2 aromatic rings. The Balaban J connectivity index is 2.24. The summed E-state index contributed by atoms with van der Waals surface area (Å²) in [6, 6.07) is 4.62. The molecule has 2 heterocycles. The predicted octanol–water partition coefficient (Wildman–Crippen LogP) is 1.09. The number of hydrogen-bond donors (Lipinski definition) is 2. The van der Waals surface area contributed by atoms with Crippen molar-refractivity contribution >= 4 is 17.4 Å². The van der Waals surface area contributed by atoms with Crippen molar-refractivity contribution in [1.29, 1.82) is 0 Å². The fraction of sp³-hybridized carbons (Fsp3) is 0.167. The molecule has 7 heteroatoms. The van der Waals surface area contributed by atoms with Crippen LogP contribution in [-0.4, -0.2) is 28.2 Å². The number of carbonyl (C=O) groups is 1. The Labute approximate surface area is 114 Å². The molecule has 0 fully saturated rings. The molecule has 0 aliphatic carbocycles. The Morgan fingerprint density at radius 2 is 2.32 bits per heavy atom. The Morgan fingerprint density at radius 1 is 1.47 bits per heavy atom. The molecule has 0 saturated carbocycles. The molecule has 0 aliphatic rings. The topological polar surface area (TPSA) is 103 Å². The fourth-order valence-corrected chi connectivity index (χ4v) is 1.44. The van der Waals surface area contributed by atoms with Gasteiger partial charge >= 0.3 is 0 Å². The van der Waals surface area contributed by atoms with Crippen molar-refractivity contribution in [3.8, 4) is 17.1 Å². The van der Waals surface area contributed by atoms with E-state index in [-0.39, 0.29) is 11.5 Å². The summed E-state index contributed by atoms with van der Waals surface area (Å²) < 4.78 is 25.9. The number of rotatable bonds is 3. The van der Waals surface area contributed by atoms with E-state index in [4.69, 9.17) is 14.6 Å². The van der Waals surface area contributed by atoms with Gasteiger partial charge in [0.1, 0.15) is 5.82 Å². The maximum Gasteiger partial charge on any atom is 0.233 e. The van der Waals surface area contributed by atoms with E-state index in [0.717, 1.165) is 0 Å². The molecule has 0 unspecified atom stereocenters.